The Hall–Kier alpha value is -2.39. The number of alkyl halides is 3. The number of hydrogen-bond donors (Lipinski definition) is 2. The molecule has 1 aliphatic rings. The summed E-state index contributed by atoms with van der Waals surface area (Å²) >= 11 is 1.46. The molecule has 2 aromatic rings. The van der Waals surface area contributed by atoms with E-state index >= 15 is 0 Å². The fraction of sp³-hybridized carbons (Fsp3) is 0.400. The molecule has 1 saturated heterocycles. The molecule has 156 valence electrons. The van der Waals surface area contributed by atoms with Gasteiger partial charge < -0.3 is 15.3 Å². The first kappa shape index (κ1) is 21.3. The van der Waals surface area contributed by atoms with Crippen molar-refractivity contribution < 1.29 is 27.9 Å². The number of benzene rings is 1. The Morgan fingerprint density at radius 3 is 2.69 bits per heavy atom. The minimum atomic E-state index is -4.60. The van der Waals surface area contributed by atoms with Gasteiger partial charge in [-0.05, 0) is 35.9 Å². The molecule has 1 aliphatic heterocycles. The van der Waals surface area contributed by atoms with Crippen molar-refractivity contribution in [2.45, 2.75) is 37.6 Å². The second-order valence-corrected chi connectivity index (χ2v) is 7.88. The van der Waals surface area contributed by atoms with Crippen LogP contribution in [0, 0.1) is 0 Å². The van der Waals surface area contributed by atoms with Crippen LogP contribution in [-0.4, -0.2) is 41.0 Å². The van der Waals surface area contributed by atoms with Crippen LogP contribution in [0.25, 0.3) is 0 Å². The molecule has 2 unspecified atom stereocenters. The summed E-state index contributed by atoms with van der Waals surface area (Å²) in [5.74, 6) is -0.626. The standard InChI is InChI=1S/C20H21F3N2O3S/c21-20(22,23)15-7-2-1-6-14(15)17(26)12-24-19(28)16-8-3-9-25(16)18(27)11-13-5-4-10-29-13/h1-2,4-7,10,16-17,26H,3,8-9,11-12H2,(H,24,28). The van der Waals surface area contributed by atoms with Crippen molar-refractivity contribution in [2.24, 2.45) is 0 Å². The second kappa shape index (κ2) is 8.96. The van der Waals surface area contributed by atoms with E-state index < -0.39 is 29.8 Å². The lowest BCUT2D eigenvalue weighted by molar-refractivity contribution is -0.139. The first-order chi connectivity index (χ1) is 13.8. The van der Waals surface area contributed by atoms with Crippen LogP contribution in [0.15, 0.2) is 41.8 Å². The number of likely N-dealkylation sites (tertiary alicyclic amines) is 1. The molecule has 2 atom stereocenters. The highest BCUT2D eigenvalue weighted by Crippen LogP contribution is 2.34. The van der Waals surface area contributed by atoms with Gasteiger partial charge >= 0.3 is 6.18 Å². The number of rotatable bonds is 6. The number of carbonyl (C=O) groups is 2. The van der Waals surface area contributed by atoms with Gasteiger partial charge in [-0.3, -0.25) is 9.59 Å². The lowest BCUT2D eigenvalue weighted by Gasteiger charge is -2.25. The van der Waals surface area contributed by atoms with Crippen molar-refractivity contribution in [1.29, 1.82) is 0 Å². The van der Waals surface area contributed by atoms with Crippen LogP contribution in [0.3, 0.4) is 0 Å². The lowest BCUT2D eigenvalue weighted by Crippen LogP contribution is -2.47. The number of amides is 2. The van der Waals surface area contributed by atoms with Crippen molar-refractivity contribution in [3.05, 3.63) is 57.8 Å². The van der Waals surface area contributed by atoms with Gasteiger partial charge in [-0.25, -0.2) is 0 Å². The van der Waals surface area contributed by atoms with Gasteiger partial charge in [0.25, 0.3) is 0 Å². The zero-order valence-corrected chi connectivity index (χ0v) is 16.3. The van der Waals surface area contributed by atoms with E-state index in [9.17, 15) is 27.9 Å². The Balaban J connectivity index is 1.61. The third-order valence-electron chi connectivity index (χ3n) is 4.88. The zero-order chi connectivity index (χ0) is 21.0. The lowest BCUT2D eigenvalue weighted by atomic mass is 10.0. The molecular formula is C20H21F3N2O3S. The number of aliphatic hydroxyl groups is 1. The maximum absolute atomic E-state index is 13.1. The number of halogens is 3. The van der Waals surface area contributed by atoms with Gasteiger partial charge in [0.15, 0.2) is 0 Å². The molecule has 2 amide bonds. The van der Waals surface area contributed by atoms with Crippen molar-refractivity contribution >= 4 is 23.2 Å². The Morgan fingerprint density at radius 2 is 2.00 bits per heavy atom. The fourth-order valence-corrected chi connectivity index (χ4v) is 4.17. The van der Waals surface area contributed by atoms with E-state index in [0.29, 0.717) is 19.4 Å². The van der Waals surface area contributed by atoms with Gasteiger partial charge in [0.05, 0.1) is 18.1 Å². The summed E-state index contributed by atoms with van der Waals surface area (Å²) in [5, 5.41) is 14.6. The van der Waals surface area contributed by atoms with Crippen LogP contribution < -0.4 is 5.32 Å². The molecule has 1 aromatic heterocycles. The van der Waals surface area contributed by atoms with E-state index in [2.05, 4.69) is 5.32 Å². The van der Waals surface area contributed by atoms with E-state index in [-0.39, 0.29) is 24.4 Å². The van der Waals surface area contributed by atoms with Crippen LogP contribution in [-0.2, 0) is 22.2 Å². The molecule has 1 aromatic carbocycles. The van der Waals surface area contributed by atoms with Gasteiger partial charge in [0.2, 0.25) is 11.8 Å². The van der Waals surface area contributed by atoms with Crippen LogP contribution >= 0.6 is 11.3 Å². The molecule has 9 heteroatoms. The second-order valence-electron chi connectivity index (χ2n) is 6.85. The molecule has 2 heterocycles. The summed E-state index contributed by atoms with van der Waals surface area (Å²) in [6.45, 7) is 0.0944. The van der Waals surface area contributed by atoms with Crippen LogP contribution in [0.5, 0.6) is 0 Å². The first-order valence-corrected chi connectivity index (χ1v) is 10.1. The molecular weight excluding hydrogens is 405 g/mol. The summed E-state index contributed by atoms with van der Waals surface area (Å²) in [4.78, 5) is 27.5. The van der Waals surface area contributed by atoms with Crippen molar-refractivity contribution in [3.63, 3.8) is 0 Å². The normalized spacial score (nSPS) is 17.9. The smallest absolute Gasteiger partial charge is 0.387 e. The van der Waals surface area contributed by atoms with Gasteiger partial charge in [-0.15, -0.1) is 11.3 Å². The Morgan fingerprint density at radius 1 is 1.24 bits per heavy atom. The predicted molar refractivity (Wildman–Crippen MR) is 102 cm³/mol. The molecule has 0 saturated carbocycles. The highest BCUT2D eigenvalue weighted by atomic mass is 32.1. The average Bonchev–Trinajstić information content (AvgIpc) is 3.37. The molecule has 1 fully saturated rings. The SMILES string of the molecule is O=C(NCC(O)c1ccccc1C(F)(F)F)C1CCCN1C(=O)Cc1cccs1. The zero-order valence-electron chi connectivity index (χ0n) is 15.5. The molecule has 5 nitrogen and oxygen atoms in total. The van der Waals surface area contributed by atoms with E-state index in [1.165, 1.54) is 34.4 Å². The van der Waals surface area contributed by atoms with E-state index in [1.54, 1.807) is 0 Å². The summed E-state index contributed by atoms with van der Waals surface area (Å²) in [6, 6.07) is 7.75. The average molecular weight is 426 g/mol. The Kier molecular flexibility index (Phi) is 6.59. The summed E-state index contributed by atoms with van der Waals surface area (Å²) < 4.78 is 39.3. The van der Waals surface area contributed by atoms with Crippen LogP contribution in [0.1, 0.15) is 34.9 Å². The first-order valence-electron chi connectivity index (χ1n) is 9.21. The number of thiophene rings is 1. The third kappa shape index (κ3) is 5.16. The van der Waals surface area contributed by atoms with E-state index in [1.807, 2.05) is 17.5 Å². The minimum absolute atomic E-state index is 0.159. The van der Waals surface area contributed by atoms with E-state index in [4.69, 9.17) is 0 Å². The topological polar surface area (TPSA) is 69.6 Å². The monoisotopic (exact) mass is 426 g/mol. The number of nitrogens with zero attached hydrogens (tertiary/aromatic N) is 1. The predicted octanol–water partition coefficient (Wildman–Crippen LogP) is 3.15. The summed E-state index contributed by atoms with van der Waals surface area (Å²) in [5.41, 5.74) is -1.23. The fourth-order valence-electron chi connectivity index (χ4n) is 3.47. The Bertz CT molecular complexity index is 855. The van der Waals surface area contributed by atoms with Crippen molar-refractivity contribution in [2.75, 3.05) is 13.1 Å². The molecule has 0 aliphatic carbocycles. The van der Waals surface area contributed by atoms with Crippen molar-refractivity contribution in [3.8, 4) is 0 Å². The van der Waals surface area contributed by atoms with Gasteiger partial charge in [0, 0.05) is 18.0 Å². The maximum atomic E-state index is 13.1. The molecule has 0 spiro atoms. The van der Waals surface area contributed by atoms with Crippen LogP contribution in [0.4, 0.5) is 13.2 Å². The largest absolute Gasteiger partial charge is 0.416 e. The van der Waals surface area contributed by atoms with Gasteiger partial charge in [-0.2, -0.15) is 13.2 Å². The van der Waals surface area contributed by atoms with Crippen molar-refractivity contribution in [1.82, 2.24) is 10.2 Å². The number of aliphatic hydroxyl groups excluding tert-OH is 1. The summed E-state index contributed by atoms with van der Waals surface area (Å²) in [6.07, 6.45) is -4.74. The number of hydrogen-bond acceptors (Lipinski definition) is 4. The van der Waals surface area contributed by atoms with E-state index in [0.717, 1.165) is 10.9 Å². The van der Waals surface area contributed by atoms with Crippen LogP contribution in [0.2, 0.25) is 0 Å². The molecule has 3 rings (SSSR count). The molecule has 0 bridgehead atoms. The molecule has 0 radical (unpaired) electrons. The maximum Gasteiger partial charge on any atom is 0.416 e. The minimum Gasteiger partial charge on any atom is -0.387 e. The highest BCUT2D eigenvalue weighted by molar-refractivity contribution is 7.10. The number of nitrogens with one attached hydrogen (secondary N) is 1. The Labute approximate surface area is 170 Å². The van der Waals surface area contributed by atoms with Gasteiger partial charge in [-0.1, -0.05) is 24.3 Å². The van der Waals surface area contributed by atoms with Gasteiger partial charge in [0.1, 0.15) is 6.04 Å². The quantitative estimate of drug-likeness (QED) is 0.746. The highest BCUT2D eigenvalue weighted by Gasteiger charge is 2.36. The molecule has 2 N–H and O–H groups in total. The number of carbonyl (C=O) groups excluding carboxylic acids is 2. The third-order valence-corrected chi connectivity index (χ3v) is 5.75. The summed E-state index contributed by atoms with van der Waals surface area (Å²) in [7, 11) is 0. The molecule has 29 heavy (non-hydrogen) atoms.